The Balaban J connectivity index is 0.00000261. The number of nitrogens with two attached hydrogens (primary N) is 1. The van der Waals surface area contributed by atoms with Crippen molar-refractivity contribution in [2.75, 3.05) is 13.7 Å². The molecule has 1 aromatic heterocycles. The van der Waals surface area contributed by atoms with Crippen LogP contribution in [0.15, 0.2) is 54.6 Å². The van der Waals surface area contributed by atoms with Crippen molar-refractivity contribution in [1.29, 1.82) is 0 Å². The van der Waals surface area contributed by atoms with Crippen LogP contribution in [0.1, 0.15) is 70.6 Å². The second-order valence-electron chi connectivity index (χ2n) is 14.2. The van der Waals surface area contributed by atoms with E-state index in [0.717, 1.165) is 43.1 Å². The molecule has 3 aromatic rings. The maximum Gasteiger partial charge on any atom is 0.259 e. The maximum absolute atomic E-state index is 14.2. The summed E-state index contributed by atoms with van der Waals surface area (Å²) in [6, 6.07) is 15.4. The molecule has 15 heteroatoms. The molecule has 2 aliphatic heterocycles. The third-order valence-corrected chi connectivity index (χ3v) is 12.4. The van der Waals surface area contributed by atoms with Gasteiger partial charge in [0.2, 0.25) is 21.8 Å². The number of pyridine rings is 1. The molecular formula is C37H47Cl2N5O7S. The number of carbonyl (C=O) groups is 3. The lowest BCUT2D eigenvalue weighted by Gasteiger charge is -2.28. The summed E-state index contributed by atoms with van der Waals surface area (Å²) in [5.74, 6) is -0.554. The number of ether oxygens (including phenoxy) is 2. The van der Waals surface area contributed by atoms with Gasteiger partial charge in [0.1, 0.15) is 29.2 Å². The van der Waals surface area contributed by atoms with Gasteiger partial charge in [-0.2, -0.15) is 0 Å². The van der Waals surface area contributed by atoms with Crippen molar-refractivity contribution in [3.8, 4) is 22.8 Å². The first kappa shape index (κ1) is 39.6. The van der Waals surface area contributed by atoms with Crippen LogP contribution in [0.25, 0.3) is 22.2 Å². The van der Waals surface area contributed by atoms with Gasteiger partial charge in [-0.1, -0.05) is 62.4 Å². The first-order valence-electron chi connectivity index (χ1n) is 17.7. The molecule has 0 spiro atoms. The standard InChI is InChI=1S/C37H45N5O7S.2ClH/c1-48-25-14-17-28-31(18-25)39-30(23-10-6-5-7-11-23)20-33(28)49-26-19-32-34(43)40-37(36(45)41-50(46,47)27-15-16-27)21-24(37)12-8-3-2-4-9-13-29(38)35(44)42(32)22-26;;/h5-7,10-11,14,17-18,20,24,26-27,29,32H,2-4,8-9,12-13,15-16,19,21-22,38H2,1H3,(H,40,43)(H,41,45);2*1H/t24-,26-,29+,32?,37-;;/m1../s1. The molecule has 5 atom stereocenters. The Morgan fingerprint density at radius 3 is 2.40 bits per heavy atom. The van der Waals surface area contributed by atoms with E-state index in [4.69, 9.17) is 20.2 Å². The van der Waals surface area contributed by atoms with Crippen LogP contribution in [0.5, 0.6) is 11.5 Å². The summed E-state index contributed by atoms with van der Waals surface area (Å²) in [6.07, 6.45) is 6.64. The summed E-state index contributed by atoms with van der Waals surface area (Å²) in [6.45, 7) is 0.115. The van der Waals surface area contributed by atoms with Crippen molar-refractivity contribution >= 4 is 63.5 Å². The molecule has 1 unspecified atom stereocenters. The Labute approximate surface area is 316 Å². The van der Waals surface area contributed by atoms with E-state index in [-0.39, 0.29) is 49.6 Å². The van der Waals surface area contributed by atoms with Gasteiger partial charge in [-0.15, -0.1) is 24.8 Å². The van der Waals surface area contributed by atoms with Gasteiger partial charge in [-0.3, -0.25) is 19.1 Å². The third kappa shape index (κ3) is 8.27. The van der Waals surface area contributed by atoms with Crippen LogP contribution in [0.2, 0.25) is 0 Å². The van der Waals surface area contributed by atoms with E-state index >= 15 is 0 Å². The molecule has 4 N–H and O–H groups in total. The smallest absolute Gasteiger partial charge is 0.259 e. The van der Waals surface area contributed by atoms with Crippen molar-refractivity contribution in [2.45, 2.75) is 99.6 Å². The number of hydrogen-bond donors (Lipinski definition) is 3. The average Bonchev–Trinajstić information content (AvgIpc) is 4.04. The van der Waals surface area contributed by atoms with Crippen LogP contribution in [0.3, 0.4) is 0 Å². The highest BCUT2D eigenvalue weighted by atomic mass is 35.5. The quantitative estimate of drug-likeness (QED) is 0.309. The van der Waals surface area contributed by atoms with Crippen molar-refractivity contribution in [3.63, 3.8) is 0 Å². The Bertz CT molecular complexity index is 1900. The number of nitrogens with zero attached hydrogens (tertiary/aromatic N) is 2. The molecule has 2 saturated carbocycles. The zero-order valence-corrected chi connectivity index (χ0v) is 31.6. The molecule has 2 aromatic carbocycles. The van der Waals surface area contributed by atoms with E-state index < -0.39 is 50.8 Å². The molecule has 12 nitrogen and oxygen atoms in total. The van der Waals surface area contributed by atoms with Crippen LogP contribution >= 0.6 is 24.8 Å². The van der Waals surface area contributed by atoms with E-state index in [0.29, 0.717) is 54.8 Å². The topological polar surface area (TPSA) is 170 Å². The highest BCUT2D eigenvalue weighted by Crippen LogP contribution is 2.48. The van der Waals surface area contributed by atoms with Crippen molar-refractivity contribution < 1.29 is 32.3 Å². The second kappa shape index (κ2) is 16.2. The summed E-state index contributed by atoms with van der Waals surface area (Å²) >= 11 is 0. The van der Waals surface area contributed by atoms with Crippen molar-refractivity contribution in [2.24, 2.45) is 11.7 Å². The normalized spacial score (nSPS) is 26.6. The lowest BCUT2D eigenvalue weighted by atomic mass is 10.0. The van der Waals surface area contributed by atoms with E-state index in [1.807, 2.05) is 54.6 Å². The maximum atomic E-state index is 14.2. The van der Waals surface area contributed by atoms with Gasteiger partial charge in [-0.05, 0) is 50.2 Å². The summed E-state index contributed by atoms with van der Waals surface area (Å²) in [7, 11) is -2.23. The lowest BCUT2D eigenvalue weighted by molar-refractivity contribution is -0.140. The van der Waals surface area contributed by atoms with Gasteiger partial charge in [-0.25, -0.2) is 13.4 Å². The predicted octanol–water partition coefficient (Wildman–Crippen LogP) is 4.66. The molecule has 3 amide bonds. The Morgan fingerprint density at radius 2 is 1.69 bits per heavy atom. The Hall–Kier alpha value is -3.65. The number of hydrogen-bond acceptors (Lipinski definition) is 9. The Kier molecular flexibility index (Phi) is 12.3. The fourth-order valence-corrected chi connectivity index (χ4v) is 8.85. The van der Waals surface area contributed by atoms with Crippen molar-refractivity contribution in [1.82, 2.24) is 19.9 Å². The number of carbonyl (C=O) groups excluding carboxylic acids is 3. The summed E-state index contributed by atoms with van der Waals surface area (Å²) < 4.78 is 39.9. The molecule has 0 bridgehead atoms. The largest absolute Gasteiger partial charge is 0.497 e. The van der Waals surface area contributed by atoms with Gasteiger partial charge in [0.05, 0.1) is 36.2 Å². The monoisotopic (exact) mass is 775 g/mol. The number of fused-ring (bicyclic) bond motifs is 3. The minimum Gasteiger partial charge on any atom is -0.497 e. The average molecular weight is 777 g/mol. The first-order chi connectivity index (χ1) is 24.1. The molecule has 2 aliphatic carbocycles. The van der Waals surface area contributed by atoms with Gasteiger partial charge in [0.15, 0.2) is 0 Å². The van der Waals surface area contributed by atoms with Crippen molar-refractivity contribution in [3.05, 3.63) is 54.6 Å². The number of aromatic nitrogens is 1. The predicted molar refractivity (Wildman–Crippen MR) is 202 cm³/mol. The van der Waals surface area contributed by atoms with Crippen LogP contribution in [-0.2, 0) is 24.4 Å². The van der Waals surface area contributed by atoms with Crippen LogP contribution < -0.4 is 25.2 Å². The van der Waals surface area contributed by atoms with E-state index in [2.05, 4.69) is 10.0 Å². The number of nitrogens with one attached hydrogen (secondary N) is 2. The second-order valence-corrected chi connectivity index (χ2v) is 16.2. The summed E-state index contributed by atoms with van der Waals surface area (Å²) in [4.78, 5) is 48.1. The van der Waals surface area contributed by atoms with Crippen LogP contribution in [0, 0.1) is 5.92 Å². The fraction of sp³-hybridized carbons (Fsp3) is 0.514. The number of benzene rings is 2. The van der Waals surface area contributed by atoms with E-state index in [1.54, 1.807) is 7.11 Å². The van der Waals surface area contributed by atoms with Crippen LogP contribution in [0.4, 0.5) is 0 Å². The molecule has 0 radical (unpaired) electrons. The minimum absolute atomic E-state index is 0. The third-order valence-electron chi connectivity index (χ3n) is 10.6. The number of rotatable bonds is 7. The number of methoxy groups -OCH3 is 1. The van der Waals surface area contributed by atoms with Crippen LogP contribution in [-0.4, -0.2) is 78.7 Å². The summed E-state index contributed by atoms with van der Waals surface area (Å²) in [5.41, 5.74) is 7.35. The molecule has 282 valence electrons. The zero-order chi connectivity index (χ0) is 35.0. The molecule has 4 fully saturated rings. The SMILES string of the molecule is COc1ccc2c(O[C@@H]3CC4C(=O)N[C@]5(C(=O)NS(=O)(=O)C6CC6)C[C@H]5CCCCCCC[C@H](N)C(=O)N4C3)cc(-c3ccccc3)nc2c1.Cl.Cl. The van der Waals surface area contributed by atoms with E-state index in [9.17, 15) is 22.8 Å². The van der Waals surface area contributed by atoms with E-state index in [1.165, 1.54) is 4.90 Å². The number of sulfonamides is 1. The molecule has 2 saturated heterocycles. The zero-order valence-electron chi connectivity index (χ0n) is 29.1. The number of amides is 3. The first-order valence-corrected chi connectivity index (χ1v) is 19.3. The molecule has 3 heterocycles. The van der Waals surface area contributed by atoms with Gasteiger partial charge >= 0.3 is 0 Å². The Morgan fingerprint density at radius 1 is 0.981 bits per heavy atom. The van der Waals surface area contributed by atoms with Gasteiger partial charge in [0, 0.05) is 29.5 Å². The molecular weight excluding hydrogens is 729 g/mol. The van der Waals surface area contributed by atoms with Gasteiger partial charge in [0.25, 0.3) is 5.91 Å². The fourth-order valence-electron chi connectivity index (χ4n) is 7.49. The summed E-state index contributed by atoms with van der Waals surface area (Å²) in [5, 5.41) is 3.12. The molecule has 7 rings (SSSR count). The van der Waals surface area contributed by atoms with Gasteiger partial charge < -0.3 is 25.4 Å². The highest BCUT2D eigenvalue weighted by Gasteiger charge is 2.62. The molecule has 52 heavy (non-hydrogen) atoms. The molecule has 4 aliphatic rings. The number of halogens is 2. The minimum atomic E-state index is -3.82. The lowest BCUT2D eigenvalue weighted by Crippen LogP contribution is -2.57. The highest BCUT2D eigenvalue weighted by molar-refractivity contribution is 7.91.